The first kappa shape index (κ1) is 12.7. The lowest BCUT2D eigenvalue weighted by Crippen LogP contribution is -2.12. The van der Waals surface area contributed by atoms with Crippen LogP contribution in [0.5, 0.6) is 0 Å². The molecule has 0 aliphatic heterocycles. The zero-order valence-electron chi connectivity index (χ0n) is 10.0. The molecular weight excluding hydrogens is 248 g/mol. The lowest BCUT2D eigenvalue weighted by atomic mass is 10.2. The highest BCUT2D eigenvalue weighted by Gasteiger charge is 2.14. The molecule has 5 nitrogen and oxygen atoms in total. The summed E-state index contributed by atoms with van der Waals surface area (Å²) in [5.41, 5.74) is 8.02. The van der Waals surface area contributed by atoms with Gasteiger partial charge in [0.2, 0.25) is 0 Å². The summed E-state index contributed by atoms with van der Waals surface area (Å²) in [4.78, 5) is 12.6. The van der Waals surface area contributed by atoms with Crippen LogP contribution in [0.15, 0.2) is 24.3 Å². The van der Waals surface area contributed by atoms with E-state index in [0.717, 1.165) is 28.5 Å². The second-order valence-corrected chi connectivity index (χ2v) is 4.51. The number of hydrogen-bond acceptors (Lipinski definition) is 5. The van der Waals surface area contributed by atoms with Crippen molar-refractivity contribution in [3.05, 3.63) is 40.4 Å². The van der Waals surface area contributed by atoms with Crippen LogP contribution in [-0.2, 0) is 13.0 Å². The number of nitrogens with two attached hydrogens (primary N) is 1. The zero-order chi connectivity index (χ0) is 13.0. The number of amides is 1. The van der Waals surface area contributed by atoms with Crippen LogP contribution >= 0.6 is 11.5 Å². The predicted octanol–water partition coefficient (Wildman–Crippen LogP) is 1.81. The summed E-state index contributed by atoms with van der Waals surface area (Å²) in [6, 6.07) is 7.45. The van der Waals surface area contributed by atoms with Crippen LogP contribution in [0, 0.1) is 0 Å². The maximum absolute atomic E-state index is 12.0. The minimum absolute atomic E-state index is 0.164. The summed E-state index contributed by atoms with van der Waals surface area (Å²) in [6.07, 6.45) is 0.700. The zero-order valence-corrected chi connectivity index (χ0v) is 10.8. The van der Waals surface area contributed by atoms with E-state index in [1.807, 2.05) is 31.2 Å². The van der Waals surface area contributed by atoms with E-state index in [2.05, 4.69) is 14.9 Å². The smallest absolute Gasteiger partial charge is 0.269 e. The summed E-state index contributed by atoms with van der Waals surface area (Å²) >= 11 is 1.12. The van der Waals surface area contributed by atoms with Gasteiger partial charge in [0.05, 0.1) is 5.69 Å². The number of aromatic nitrogens is 2. The van der Waals surface area contributed by atoms with Crippen molar-refractivity contribution in [2.45, 2.75) is 19.9 Å². The van der Waals surface area contributed by atoms with Crippen molar-refractivity contribution in [2.24, 2.45) is 5.73 Å². The van der Waals surface area contributed by atoms with Crippen molar-refractivity contribution >= 4 is 23.1 Å². The molecule has 1 heterocycles. The monoisotopic (exact) mass is 262 g/mol. The molecule has 0 spiro atoms. The van der Waals surface area contributed by atoms with Gasteiger partial charge in [-0.1, -0.05) is 23.5 Å². The van der Waals surface area contributed by atoms with E-state index in [1.54, 1.807) is 0 Å². The third-order valence-electron chi connectivity index (χ3n) is 2.54. The highest BCUT2D eigenvalue weighted by atomic mass is 32.1. The fourth-order valence-electron chi connectivity index (χ4n) is 1.52. The first-order valence-corrected chi connectivity index (χ1v) is 6.43. The molecule has 0 bridgehead atoms. The number of carbonyl (C=O) groups is 1. The van der Waals surface area contributed by atoms with Gasteiger partial charge in [0.15, 0.2) is 0 Å². The van der Waals surface area contributed by atoms with Gasteiger partial charge in [-0.2, -0.15) is 0 Å². The molecule has 2 rings (SSSR count). The van der Waals surface area contributed by atoms with Crippen molar-refractivity contribution in [3.63, 3.8) is 0 Å². The molecule has 6 heteroatoms. The maximum atomic E-state index is 12.0. The topological polar surface area (TPSA) is 80.9 Å². The third-order valence-corrected chi connectivity index (χ3v) is 3.31. The van der Waals surface area contributed by atoms with Crippen molar-refractivity contribution in [2.75, 3.05) is 5.32 Å². The predicted molar refractivity (Wildman–Crippen MR) is 71.6 cm³/mol. The quantitative estimate of drug-likeness (QED) is 0.880. The molecule has 3 N–H and O–H groups in total. The van der Waals surface area contributed by atoms with Gasteiger partial charge < -0.3 is 11.1 Å². The Morgan fingerprint density at radius 2 is 2.11 bits per heavy atom. The summed E-state index contributed by atoms with van der Waals surface area (Å²) in [5, 5.41) is 6.74. The van der Waals surface area contributed by atoms with E-state index in [1.165, 1.54) is 0 Å². The van der Waals surface area contributed by atoms with E-state index in [9.17, 15) is 4.79 Å². The molecule has 1 amide bonds. The highest BCUT2D eigenvalue weighted by molar-refractivity contribution is 7.08. The standard InChI is InChI=1S/C12H14N4OS/c1-2-10-11(18-16-15-10)12(17)14-9-5-3-8(7-13)4-6-9/h3-6H,2,7,13H2,1H3,(H,14,17). The first-order valence-electron chi connectivity index (χ1n) is 5.66. The fraction of sp³-hybridized carbons (Fsp3) is 0.250. The Morgan fingerprint density at radius 1 is 1.39 bits per heavy atom. The molecule has 0 saturated carbocycles. The molecule has 1 aromatic carbocycles. The molecular formula is C12H14N4OS. The summed E-state index contributed by atoms with van der Waals surface area (Å²) < 4.78 is 3.80. The normalized spacial score (nSPS) is 10.3. The van der Waals surface area contributed by atoms with Gasteiger partial charge in [0.25, 0.3) is 5.91 Å². The second kappa shape index (κ2) is 5.70. The van der Waals surface area contributed by atoms with Crippen LogP contribution in [-0.4, -0.2) is 15.5 Å². The molecule has 2 aromatic rings. The van der Waals surface area contributed by atoms with Crippen molar-refractivity contribution in [1.82, 2.24) is 9.59 Å². The minimum atomic E-state index is -0.164. The summed E-state index contributed by atoms with van der Waals surface area (Å²) in [6.45, 7) is 2.44. The number of rotatable bonds is 4. The van der Waals surface area contributed by atoms with E-state index in [0.29, 0.717) is 17.8 Å². The van der Waals surface area contributed by atoms with Crippen molar-refractivity contribution in [1.29, 1.82) is 0 Å². The third kappa shape index (κ3) is 2.72. The molecule has 0 aliphatic rings. The fourth-order valence-corrected chi connectivity index (χ4v) is 2.17. The lowest BCUT2D eigenvalue weighted by molar-refractivity contribution is 0.102. The van der Waals surface area contributed by atoms with Crippen LogP contribution in [0.3, 0.4) is 0 Å². The van der Waals surface area contributed by atoms with Crippen molar-refractivity contribution in [3.8, 4) is 0 Å². The Kier molecular flexibility index (Phi) is 4.01. The first-order chi connectivity index (χ1) is 8.74. The molecule has 94 valence electrons. The number of anilines is 1. The van der Waals surface area contributed by atoms with Gasteiger partial charge in [0.1, 0.15) is 4.88 Å². The van der Waals surface area contributed by atoms with Crippen LogP contribution < -0.4 is 11.1 Å². The summed E-state index contributed by atoms with van der Waals surface area (Å²) in [5.74, 6) is -0.164. The number of benzene rings is 1. The number of nitrogens with one attached hydrogen (secondary N) is 1. The Balaban J connectivity index is 2.11. The van der Waals surface area contributed by atoms with Gasteiger partial charge in [-0.3, -0.25) is 4.79 Å². The van der Waals surface area contributed by atoms with E-state index in [4.69, 9.17) is 5.73 Å². The molecule has 0 saturated heterocycles. The molecule has 0 fully saturated rings. The Bertz CT molecular complexity index is 535. The Labute approximate surface area is 109 Å². The van der Waals surface area contributed by atoms with Gasteiger partial charge in [-0.15, -0.1) is 5.10 Å². The van der Waals surface area contributed by atoms with E-state index >= 15 is 0 Å². The van der Waals surface area contributed by atoms with E-state index in [-0.39, 0.29) is 5.91 Å². The van der Waals surface area contributed by atoms with Crippen molar-refractivity contribution < 1.29 is 4.79 Å². The molecule has 0 unspecified atom stereocenters. The van der Waals surface area contributed by atoms with E-state index < -0.39 is 0 Å². The molecule has 0 aliphatic carbocycles. The Hall–Kier alpha value is -1.79. The van der Waals surface area contributed by atoms with Crippen LogP contribution in [0.25, 0.3) is 0 Å². The van der Waals surface area contributed by atoms with Gasteiger partial charge in [-0.25, -0.2) is 0 Å². The minimum Gasteiger partial charge on any atom is -0.326 e. The SMILES string of the molecule is CCc1nnsc1C(=O)Nc1ccc(CN)cc1. The number of carbonyl (C=O) groups excluding carboxylic acids is 1. The molecule has 1 aromatic heterocycles. The average Bonchev–Trinajstić information content (AvgIpc) is 2.88. The molecule has 0 radical (unpaired) electrons. The van der Waals surface area contributed by atoms with Gasteiger partial charge in [-0.05, 0) is 35.6 Å². The number of nitrogens with zero attached hydrogens (tertiary/aromatic N) is 2. The highest BCUT2D eigenvalue weighted by Crippen LogP contribution is 2.15. The summed E-state index contributed by atoms with van der Waals surface area (Å²) in [7, 11) is 0. The van der Waals surface area contributed by atoms with Crippen LogP contribution in [0.4, 0.5) is 5.69 Å². The van der Waals surface area contributed by atoms with Gasteiger partial charge in [0, 0.05) is 12.2 Å². The maximum Gasteiger partial charge on any atom is 0.269 e. The average molecular weight is 262 g/mol. The van der Waals surface area contributed by atoms with Gasteiger partial charge >= 0.3 is 0 Å². The number of hydrogen-bond donors (Lipinski definition) is 2. The largest absolute Gasteiger partial charge is 0.326 e. The Morgan fingerprint density at radius 3 is 2.72 bits per heavy atom. The lowest BCUT2D eigenvalue weighted by Gasteiger charge is -2.04. The molecule has 0 atom stereocenters. The number of aryl methyl sites for hydroxylation is 1. The second-order valence-electron chi connectivity index (χ2n) is 3.76. The van der Waals surface area contributed by atoms with Crippen LogP contribution in [0.1, 0.15) is 27.9 Å². The molecule has 18 heavy (non-hydrogen) atoms. The van der Waals surface area contributed by atoms with Crippen LogP contribution in [0.2, 0.25) is 0 Å².